The highest BCUT2D eigenvalue weighted by Crippen LogP contribution is 2.34. The maximum Gasteiger partial charge on any atom is 0.471 e. The molecule has 4 rings (SSSR count). The van der Waals surface area contributed by atoms with E-state index in [2.05, 4.69) is 0 Å². The van der Waals surface area contributed by atoms with Gasteiger partial charge in [-0.2, -0.15) is 13.2 Å². The molecule has 2 aromatic rings. The molecule has 2 unspecified atom stereocenters. The predicted octanol–water partition coefficient (Wildman–Crippen LogP) is 6.61. The quantitative estimate of drug-likeness (QED) is 0.237. The topological polar surface area (TPSA) is 94.6 Å². The molecular weight excluding hydrogens is 605 g/mol. The Morgan fingerprint density at radius 3 is 1.50 bits per heavy atom. The first-order valence-electron chi connectivity index (χ1n) is 15.9. The molecule has 2 aliphatic carbocycles. The molecule has 46 heavy (non-hydrogen) atoms. The molecule has 2 saturated carbocycles. The third-order valence-corrected chi connectivity index (χ3v) is 8.62. The minimum atomic E-state index is -5.39. The van der Waals surface area contributed by atoms with Gasteiger partial charge in [-0.15, -0.1) is 0 Å². The number of hydrogen-bond donors (Lipinski definition) is 0. The number of alkyl halides is 3. The lowest BCUT2D eigenvalue weighted by molar-refractivity contribution is -0.174. The van der Waals surface area contributed by atoms with Crippen molar-refractivity contribution in [3.8, 4) is 11.5 Å². The molecule has 2 atom stereocenters. The van der Waals surface area contributed by atoms with E-state index in [0.29, 0.717) is 47.8 Å². The summed E-state index contributed by atoms with van der Waals surface area (Å²) in [5.41, 5.74) is 0.161. The number of methoxy groups -OCH3 is 2. The second-order valence-corrected chi connectivity index (χ2v) is 11.6. The Kier molecular flexibility index (Phi) is 12.2. The number of hydrogen-bond acceptors (Lipinski definition) is 8. The van der Waals surface area contributed by atoms with Crippen molar-refractivity contribution < 1.29 is 46.5 Å². The standard InChI is InChI=1S/C34H43F3N2O7/c1-4-38(23-15-19-25(43-2)20-16-23)29(31(40)45-27-11-7-5-8-12-27)30(32(41)46-28-13-9-6-10-14-28)39(33(42)34(35,36)37)24-17-21-26(44-3)22-18-24/h15-22,27-30H,4-14H2,1-3H3. The molecule has 252 valence electrons. The minimum Gasteiger partial charge on any atom is -0.497 e. The number of amides is 1. The maximum atomic E-state index is 14.4. The van der Waals surface area contributed by atoms with E-state index < -0.39 is 48.3 Å². The average Bonchev–Trinajstić information content (AvgIpc) is 3.06. The van der Waals surface area contributed by atoms with E-state index in [-0.39, 0.29) is 12.2 Å². The van der Waals surface area contributed by atoms with Crippen molar-refractivity contribution in [2.75, 3.05) is 30.6 Å². The molecule has 0 saturated heterocycles. The van der Waals surface area contributed by atoms with Gasteiger partial charge in [0.15, 0.2) is 12.1 Å². The van der Waals surface area contributed by atoms with Gasteiger partial charge in [-0.25, -0.2) is 9.59 Å². The van der Waals surface area contributed by atoms with Crippen molar-refractivity contribution in [3.63, 3.8) is 0 Å². The third kappa shape index (κ3) is 8.64. The Balaban J connectivity index is 1.90. The zero-order chi connectivity index (χ0) is 33.3. The second-order valence-electron chi connectivity index (χ2n) is 11.6. The Morgan fingerprint density at radius 2 is 1.11 bits per heavy atom. The average molecular weight is 649 g/mol. The third-order valence-electron chi connectivity index (χ3n) is 8.62. The molecule has 2 aliphatic rings. The number of likely N-dealkylation sites (N-methyl/N-ethyl adjacent to an activating group) is 1. The first kappa shape index (κ1) is 34.9. The van der Waals surface area contributed by atoms with Crippen LogP contribution in [0, 0.1) is 0 Å². The van der Waals surface area contributed by atoms with Gasteiger partial charge in [0.25, 0.3) is 0 Å². The summed E-state index contributed by atoms with van der Waals surface area (Å²) in [4.78, 5) is 43.8. The minimum absolute atomic E-state index is 0.0840. The monoisotopic (exact) mass is 648 g/mol. The van der Waals surface area contributed by atoms with Gasteiger partial charge in [0.2, 0.25) is 0 Å². The first-order valence-corrected chi connectivity index (χ1v) is 15.9. The van der Waals surface area contributed by atoms with Crippen molar-refractivity contribution in [3.05, 3.63) is 48.5 Å². The second kappa shape index (κ2) is 16.0. The van der Waals surface area contributed by atoms with Crippen LogP contribution in [0.5, 0.6) is 11.5 Å². The van der Waals surface area contributed by atoms with Crippen LogP contribution in [0.3, 0.4) is 0 Å². The van der Waals surface area contributed by atoms with Crippen LogP contribution in [-0.4, -0.2) is 69.1 Å². The van der Waals surface area contributed by atoms with Crippen molar-refractivity contribution >= 4 is 29.2 Å². The zero-order valence-electron chi connectivity index (χ0n) is 26.6. The van der Waals surface area contributed by atoms with Gasteiger partial charge in [0, 0.05) is 17.9 Å². The Hall–Kier alpha value is -3.96. The summed E-state index contributed by atoms with van der Waals surface area (Å²) in [5.74, 6) is -3.50. The number of carbonyl (C=O) groups is 3. The van der Waals surface area contributed by atoms with Crippen LogP contribution < -0.4 is 19.3 Å². The fourth-order valence-electron chi connectivity index (χ4n) is 6.23. The molecule has 12 heteroatoms. The smallest absolute Gasteiger partial charge is 0.471 e. The van der Waals surface area contributed by atoms with Gasteiger partial charge in [-0.3, -0.25) is 9.69 Å². The van der Waals surface area contributed by atoms with E-state index in [4.69, 9.17) is 18.9 Å². The molecule has 0 N–H and O–H groups in total. The van der Waals surface area contributed by atoms with E-state index >= 15 is 0 Å². The Morgan fingerprint density at radius 1 is 0.696 bits per heavy atom. The fourth-order valence-corrected chi connectivity index (χ4v) is 6.23. The van der Waals surface area contributed by atoms with Crippen LogP contribution in [-0.2, 0) is 23.9 Å². The van der Waals surface area contributed by atoms with Gasteiger partial charge in [-0.05, 0) is 107 Å². The van der Waals surface area contributed by atoms with Gasteiger partial charge in [0.1, 0.15) is 23.7 Å². The van der Waals surface area contributed by atoms with E-state index in [9.17, 15) is 27.6 Å². The van der Waals surface area contributed by atoms with Crippen LogP contribution in [0.25, 0.3) is 0 Å². The van der Waals surface area contributed by atoms with Crippen molar-refractivity contribution in [1.82, 2.24) is 0 Å². The lowest BCUT2D eigenvalue weighted by Gasteiger charge is -2.41. The number of anilines is 2. The van der Waals surface area contributed by atoms with Gasteiger partial charge < -0.3 is 23.8 Å². The number of nitrogens with zero attached hydrogens (tertiary/aromatic N) is 2. The number of halogens is 3. The molecule has 0 spiro atoms. The summed E-state index contributed by atoms with van der Waals surface area (Å²) in [6.45, 7) is 1.79. The Bertz CT molecular complexity index is 1290. The lowest BCUT2D eigenvalue weighted by atomic mass is 9.96. The summed E-state index contributed by atoms with van der Waals surface area (Å²) in [5, 5.41) is 0. The SMILES string of the molecule is CCN(c1ccc(OC)cc1)C(C(=O)OC1CCCCC1)C(C(=O)OC1CCCCC1)N(C(=O)C(F)(F)F)c1ccc(OC)cc1. The zero-order valence-corrected chi connectivity index (χ0v) is 26.6. The summed E-state index contributed by atoms with van der Waals surface area (Å²) in [6, 6.07) is 8.06. The van der Waals surface area contributed by atoms with Crippen LogP contribution in [0.2, 0.25) is 0 Å². The van der Waals surface area contributed by atoms with E-state index in [1.807, 2.05) is 0 Å². The van der Waals surface area contributed by atoms with E-state index in [1.54, 1.807) is 31.2 Å². The summed E-state index contributed by atoms with van der Waals surface area (Å²) >= 11 is 0. The molecule has 0 radical (unpaired) electrons. The highest BCUT2D eigenvalue weighted by molar-refractivity contribution is 6.05. The number of esters is 2. The van der Waals surface area contributed by atoms with Gasteiger partial charge >= 0.3 is 24.0 Å². The highest BCUT2D eigenvalue weighted by Gasteiger charge is 2.53. The van der Waals surface area contributed by atoms with Gasteiger partial charge in [0.05, 0.1) is 14.2 Å². The summed E-state index contributed by atoms with van der Waals surface area (Å²) in [7, 11) is 2.88. The normalized spacial score (nSPS) is 17.3. The fraction of sp³-hybridized carbons (Fsp3) is 0.559. The van der Waals surface area contributed by atoms with Crippen LogP contribution in [0.1, 0.15) is 71.1 Å². The molecule has 0 aliphatic heterocycles. The van der Waals surface area contributed by atoms with Crippen LogP contribution >= 0.6 is 0 Å². The molecule has 0 heterocycles. The molecule has 9 nitrogen and oxygen atoms in total. The summed E-state index contributed by atoms with van der Waals surface area (Å²) < 4.78 is 65.6. The highest BCUT2D eigenvalue weighted by atomic mass is 19.4. The first-order chi connectivity index (χ1) is 22.1. The van der Waals surface area contributed by atoms with Crippen LogP contribution in [0.15, 0.2) is 48.5 Å². The number of carbonyl (C=O) groups excluding carboxylic acids is 3. The predicted molar refractivity (Wildman–Crippen MR) is 166 cm³/mol. The lowest BCUT2D eigenvalue weighted by Crippen LogP contribution is -2.64. The van der Waals surface area contributed by atoms with Crippen molar-refractivity contribution in [1.29, 1.82) is 0 Å². The number of ether oxygens (including phenoxy) is 4. The number of benzene rings is 2. The largest absolute Gasteiger partial charge is 0.497 e. The van der Waals surface area contributed by atoms with Crippen molar-refractivity contribution in [2.45, 2.75) is 102 Å². The van der Waals surface area contributed by atoms with Gasteiger partial charge in [-0.1, -0.05) is 12.8 Å². The molecular formula is C34H43F3N2O7. The molecule has 0 aromatic heterocycles. The van der Waals surface area contributed by atoms with Crippen molar-refractivity contribution in [2.24, 2.45) is 0 Å². The Labute approximate surface area is 267 Å². The van der Waals surface area contributed by atoms with E-state index in [1.165, 1.54) is 43.4 Å². The molecule has 0 bridgehead atoms. The molecule has 1 amide bonds. The van der Waals surface area contributed by atoms with E-state index in [0.717, 1.165) is 38.5 Å². The van der Waals surface area contributed by atoms with Crippen LogP contribution in [0.4, 0.5) is 24.5 Å². The molecule has 2 fully saturated rings. The summed E-state index contributed by atoms with van der Waals surface area (Å²) in [6.07, 6.45) is 0.967. The maximum absolute atomic E-state index is 14.4. The molecule has 2 aromatic carbocycles. The number of rotatable bonds is 12.